The Morgan fingerprint density at radius 3 is 2.20 bits per heavy atom. The van der Waals surface area contributed by atoms with Gasteiger partial charge in [-0.3, -0.25) is 14.5 Å². The van der Waals surface area contributed by atoms with Gasteiger partial charge in [0, 0.05) is 28.0 Å². The van der Waals surface area contributed by atoms with E-state index in [2.05, 4.69) is 32.3 Å². The fourth-order valence-corrected chi connectivity index (χ4v) is 5.01. The Hall–Kier alpha value is -2.10. The molecule has 1 amide bonds. The maximum Gasteiger partial charge on any atom is 0.326 e. The minimum absolute atomic E-state index is 0.0436. The zero-order valence-electron chi connectivity index (χ0n) is 27.3. The summed E-state index contributed by atoms with van der Waals surface area (Å²) in [4.78, 5) is 30.1. The van der Waals surface area contributed by atoms with Crippen molar-refractivity contribution < 1.29 is 19.1 Å². The molecule has 6 nitrogen and oxygen atoms in total. The summed E-state index contributed by atoms with van der Waals surface area (Å²) in [5, 5.41) is 1.35. The number of carbonyl (C=O) groups excluding carboxylic acids is 2. The van der Waals surface area contributed by atoms with E-state index in [1.54, 1.807) is 21.9 Å². The first kappa shape index (κ1) is 39.9. The largest absolute Gasteiger partial charge is 0.459 e. The number of hydrogen-bond acceptors (Lipinski definition) is 5. The third-order valence-corrected chi connectivity index (χ3v) is 8.40. The summed E-state index contributed by atoms with van der Waals surface area (Å²) in [6.07, 6.45) is 10.9. The van der Waals surface area contributed by atoms with E-state index >= 15 is 0 Å². The van der Waals surface area contributed by atoms with Gasteiger partial charge in [-0.2, -0.15) is 0 Å². The maximum absolute atomic E-state index is 13.6. The number of hydrogen-bond donors (Lipinski definition) is 0. The van der Waals surface area contributed by atoms with Gasteiger partial charge in [0.1, 0.15) is 18.9 Å². The first-order valence-electron chi connectivity index (χ1n) is 14.7. The first-order valence-corrected chi connectivity index (χ1v) is 18.9. The molecule has 0 spiro atoms. The standard InChI is InChI=1S/C24H37ClN2O4S2.C6H5Cl.C4H8/c1-24(2,3)31-22(28)16-26-15-18(10-11-21(26)32)23(29)27(17-30-12-13-33(4,5)6)20-9-7-8-19(25)14-20;7-6-4-2-1-3-5-6;1-3-4-2/h7-9,14,18H,10-13,15-17H2,1-6H3;1-5H;3H,1,4H2,2H3. The number of likely N-dealkylation sites (tertiary alicyclic amines) is 1. The number of carbonyl (C=O) groups is 2. The number of esters is 1. The van der Waals surface area contributed by atoms with Crippen LogP contribution in [0.4, 0.5) is 5.69 Å². The van der Waals surface area contributed by atoms with Crippen LogP contribution in [-0.2, 0) is 19.1 Å². The van der Waals surface area contributed by atoms with Crippen LogP contribution in [0.15, 0.2) is 67.3 Å². The second-order valence-corrected chi connectivity index (χ2v) is 18.1. The fraction of sp³-hybridized carbons (Fsp3) is 0.500. The number of thiocarbonyl (C=S) groups is 1. The predicted octanol–water partition coefficient (Wildman–Crippen LogP) is 8.64. The highest BCUT2D eigenvalue weighted by Crippen LogP contribution is 2.33. The van der Waals surface area contributed by atoms with Crippen LogP contribution in [0, 0.1) is 5.92 Å². The third-order valence-electron chi connectivity index (χ3n) is 6.06. The highest BCUT2D eigenvalue weighted by atomic mass is 35.5. The lowest BCUT2D eigenvalue weighted by Crippen LogP contribution is -2.49. The molecular weight excluding hydrogens is 635 g/mol. The molecule has 44 heavy (non-hydrogen) atoms. The highest BCUT2D eigenvalue weighted by molar-refractivity contribution is 8.32. The molecule has 0 saturated carbocycles. The molecule has 2 aromatic carbocycles. The first-order chi connectivity index (χ1) is 20.6. The van der Waals surface area contributed by atoms with Crippen LogP contribution >= 0.6 is 45.4 Å². The second kappa shape index (κ2) is 20.1. The molecule has 1 heterocycles. The molecule has 1 aliphatic rings. The van der Waals surface area contributed by atoms with E-state index in [4.69, 9.17) is 44.9 Å². The fourth-order valence-electron chi connectivity index (χ4n) is 3.81. The van der Waals surface area contributed by atoms with Crippen LogP contribution in [0.2, 0.25) is 10.0 Å². The Morgan fingerprint density at radius 1 is 1.09 bits per heavy atom. The van der Waals surface area contributed by atoms with E-state index in [1.807, 2.05) is 69.3 Å². The van der Waals surface area contributed by atoms with Crippen molar-refractivity contribution in [3.05, 3.63) is 77.3 Å². The quantitative estimate of drug-likeness (QED) is 0.0821. The topological polar surface area (TPSA) is 59.1 Å². The average molecular weight is 686 g/mol. The van der Waals surface area contributed by atoms with E-state index in [0.29, 0.717) is 41.7 Å². The van der Waals surface area contributed by atoms with Gasteiger partial charge in [-0.25, -0.2) is 10.0 Å². The molecule has 2 aromatic rings. The lowest BCUT2D eigenvalue weighted by Gasteiger charge is -2.36. The van der Waals surface area contributed by atoms with E-state index in [-0.39, 0.29) is 31.1 Å². The van der Waals surface area contributed by atoms with Crippen molar-refractivity contribution in [1.29, 1.82) is 0 Å². The highest BCUT2D eigenvalue weighted by Gasteiger charge is 2.33. The zero-order valence-corrected chi connectivity index (χ0v) is 30.5. The number of halogens is 2. The number of rotatable bonds is 10. The molecule has 1 atom stereocenters. The minimum atomic E-state index is -0.687. The van der Waals surface area contributed by atoms with E-state index in [0.717, 1.165) is 17.2 Å². The summed E-state index contributed by atoms with van der Waals surface area (Å²) in [6.45, 7) is 12.2. The van der Waals surface area contributed by atoms with E-state index in [1.165, 1.54) is 0 Å². The van der Waals surface area contributed by atoms with Gasteiger partial charge in [0.05, 0.1) is 17.5 Å². The average Bonchev–Trinajstić information content (AvgIpc) is 2.93. The summed E-state index contributed by atoms with van der Waals surface area (Å²) >= 11 is 17.2. The molecular formula is C34H50Cl2N2O4S2. The summed E-state index contributed by atoms with van der Waals surface area (Å²) in [6, 6.07) is 16.7. The van der Waals surface area contributed by atoms with Crippen LogP contribution in [-0.4, -0.2) is 78.3 Å². The summed E-state index contributed by atoms with van der Waals surface area (Å²) in [5.41, 5.74) is 0.126. The number of ether oxygens (including phenoxy) is 2. The number of piperidine rings is 1. The molecule has 0 aromatic heterocycles. The summed E-state index contributed by atoms with van der Waals surface area (Å²) in [5.74, 6) is 0.246. The molecule has 246 valence electrons. The van der Waals surface area contributed by atoms with E-state index < -0.39 is 15.6 Å². The van der Waals surface area contributed by atoms with E-state index in [9.17, 15) is 9.59 Å². The number of benzene rings is 2. The Balaban J connectivity index is 0.000000738. The molecule has 1 saturated heterocycles. The zero-order chi connectivity index (χ0) is 33.3. The number of amides is 1. The van der Waals surface area contributed by atoms with Crippen molar-refractivity contribution in [1.82, 2.24) is 4.90 Å². The molecule has 1 aliphatic heterocycles. The van der Waals surface area contributed by atoms with Crippen LogP contribution in [0.25, 0.3) is 0 Å². The maximum atomic E-state index is 13.6. The predicted molar refractivity (Wildman–Crippen MR) is 195 cm³/mol. The molecule has 3 rings (SSSR count). The Bertz CT molecular complexity index is 1180. The van der Waals surface area contributed by atoms with Crippen molar-refractivity contribution >= 4 is 68.0 Å². The van der Waals surface area contributed by atoms with Gasteiger partial charge in [0.15, 0.2) is 0 Å². The monoisotopic (exact) mass is 684 g/mol. The molecule has 0 N–H and O–H groups in total. The number of anilines is 1. The Labute approximate surface area is 282 Å². The smallest absolute Gasteiger partial charge is 0.326 e. The Morgan fingerprint density at radius 2 is 1.70 bits per heavy atom. The van der Waals surface area contributed by atoms with Crippen molar-refractivity contribution in [2.24, 2.45) is 5.92 Å². The molecule has 10 heteroatoms. The van der Waals surface area contributed by atoms with Gasteiger partial charge < -0.3 is 14.4 Å². The van der Waals surface area contributed by atoms with Gasteiger partial charge in [0.2, 0.25) is 5.91 Å². The van der Waals surface area contributed by atoms with Crippen molar-refractivity contribution in [3.63, 3.8) is 0 Å². The van der Waals surface area contributed by atoms with Crippen LogP contribution in [0.3, 0.4) is 0 Å². The summed E-state index contributed by atoms with van der Waals surface area (Å²) in [7, 11) is -0.687. The normalized spacial score (nSPS) is 15.2. The molecule has 1 fully saturated rings. The van der Waals surface area contributed by atoms with Gasteiger partial charge in [-0.05, 0) is 89.1 Å². The summed E-state index contributed by atoms with van der Waals surface area (Å²) < 4.78 is 11.4. The van der Waals surface area contributed by atoms with Gasteiger partial charge in [-0.1, -0.05) is 72.7 Å². The van der Waals surface area contributed by atoms with Crippen LogP contribution in [0.1, 0.15) is 47.0 Å². The SMILES string of the molecule is C=CCC.CC(C)(C)OC(=O)CN1CC(C(=O)N(COCCS(C)(C)C)c2cccc(Cl)c2)CCC1=S.Clc1ccccc1. The molecule has 1 unspecified atom stereocenters. The van der Waals surface area contributed by atoms with Gasteiger partial charge in [0.25, 0.3) is 0 Å². The minimum Gasteiger partial charge on any atom is -0.459 e. The number of nitrogens with zero attached hydrogens (tertiary/aromatic N) is 2. The molecule has 0 bridgehead atoms. The number of allylic oxidation sites excluding steroid dienone is 1. The van der Waals surface area contributed by atoms with Gasteiger partial charge in [-0.15, -0.1) is 6.58 Å². The second-order valence-electron chi connectivity index (χ2n) is 12.2. The molecule has 0 aliphatic carbocycles. The van der Waals surface area contributed by atoms with Gasteiger partial charge >= 0.3 is 5.97 Å². The lowest BCUT2D eigenvalue weighted by atomic mass is 9.96. The lowest BCUT2D eigenvalue weighted by molar-refractivity contribution is -0.155. The van der Waals surface area contributed by atoms with Crippen LogP contribution < -0.4 is 4.90 Å². The van der Waals surface area contributed by atoms with Crippen molar-refractivity contribution in [2.45, 2.75) is 52.6 Å². The van der Waals surface area contributed by atoms with Crippen molar-refractivity contribution in [3.8, 4) is 0 Å². The molecule has 0 radical (unpaired) electrons. The Kier molecular flexibility index (Phi) is 18.2. The van der Waals surface area contributed by atoms with Crippen molar-refractivity contribution in [2.75, 3.05) is 55.8 Å². The third kappa shape index (κ3) is 17.4. The van der Waals surface area contributed by atoms with Crippen LogP contribution in [0.5, 0.6) is 0 Å².